The van der Waals surface area contributed by atoms with E-state index in [-0.39, 0.29) is 19.0 Å². The van der Waals surface area contributed by atoms with Gasteiger partial charge in [0.1, 0.15) is 6.61 Å². The number of benzene rings is 3. The summed E-state index contributed by atoms with van der Waals surface area (Å²) < 4.78 is 11.5. The zero-order chi connectivity index (χ0) is 21.3. The Bertz CT molecular complexity index is 931. The van der Waals surface area contributed by atoms with Gasteiger partial charge >= 0.3 is 0 Å². The molecule has 0 aromatic heterocycles. The Labute approximate surface area is 201 Å². The van der Waals surface area contributed by atoms with E-state index in [1.807, 2.05) is 24.3 Å². The zero-order valence-electron chi connectivity index (χ0n) is 17.7. The van der Waals surface area contributed by atoms with Crippen LogP contribution in [0.4, 0.5) is 0 Å². The first kappa shape index (κ1) is 25.4. The number of hydrogen-bond donors (Lipinski definition) is 1. The third-order valence-electron chi connectivity index (χ3n) is 5.03. The topological polar surface area (TPSA) is 30.5 Å². The largest absolute Gasteiger partial charge is 0.493 e. The molecule has 0 saturated carbocycles. The van der Waals surface area contributed by atoms with E-state index in [0.717, 1.165) is 30.5 Å². The van der Waals surface area contributed by atoms with Gasteiger partial charge in [-0.15, -0.1) is 12.4 Å². The zero-order valence-corrected chi connectivity index (χ0v) is 20.1. The molecule has 0 radical (unpaired) electrons. The Morgan fingerprint density at radius 1 is 0.871 bits per heavy atom. The van der Waals surface area contributed by atoms with Crippen LogP contribution in [-0.2, 0) is 19.6 Å². The van der Waals surface area contributed by atoms with Gasteiger partial charge in [0.15, 0.2) is 11.5 Å². The number of halogens is 3. The number of rotatable bonds is 10. The molecule has 0 aliphatic heterocycles. The van der Waals surface area contributed by atoms with Crippen LogP contribution in [0.5, 0.6) is 11.5 Å². The van der Waals surface area contributed by atoms with Crippen molar-refractivity contribution in [1.29, 1.82) is 0 Å². The molecule has 0 saturated heterocycles. The molecule has 3 aromatic rings. The van der Waals surface area contributed by atoms with Crippen molar-refractivity contribution in [2.45, 2.75) is 39.0 Å². The second-order valence-corrected chi connectivity index (χ2v) is 8.09. The van der Waals surface area contributed by atoms with Gasteiger partial charge in [0.25, 0.3) is 0 Å². The normalized spacial score (nSPS) is 11.5. The maximum atomic E-state index is 6.23. The molecule has 3 nitrogen and oxygen atoms in total. The predicted molar refractivity (Wildman–Crippen MR) is 132 cm³/mol. The van der Waals surface area contributed by atoms with Crippen LogP contribution in [0.2, 0.25) is 10.0 Å². The molecule has 0 amide bonds. The molecule has 3 aromatic carbocycles. The lowest BCUT2D eigenvalue weighted by atomic mass is 10.1. The summed E-state index contributed by atoms with van der Waals surface area (Å²) in [7, 11) is 1.64. The van der Waals surface area contributed by atoms with Crippen LogP contribution < -0.4 is 14.8 Å². The number of aryl methyl sites for hydroxylation is 1. The van der Waals surface area contributed by atoms with E-state index < -0.39 is 0 Å². The van der Waals surface area contributed by atoms with Crippen molar-refractivity contribution in [2.24, 2.45) is 0 Å². The molecule has 0 aliphatic carbocycles. The number of hydrogen-bond acceptors (Lipinski definition) is 3. The van der Waals surface area contributed by atoms with Crippen LogP contribution in [0.15, 0.2) is 66.7 Å². The summed E-state index contributed by atoms with van der Waals surface area (Å²) in [6, 6.07) is 22.4. The maximum absolute atomic E-state index is 6.23. The van der Waals surface area contributed by atoms with Gasteiger partial charge in [0.05, 0.1) is 7.11 Å². The Kier molecular flexibility index (Phi) is 10.5. The van der Waals surface area contributed by atoms with Crippen LogP contribution >= 0.6 is 35.6 Å². The van der Waals surface area contributed by atoms with Gasteiger partial charge in [0, 0.05) is 28.2 Å². The van der Waals surface area contributed by atoms with Crippen LogP contribution in [-0.4, -0.2) is 13.2 Å². The lowest BCUT2D eigenvalue weighted by molar-refractivity contribution is 0.284. The fourth-order valence-electron chi connectivity index (χ4n) is 3.18. The lowest BCUT2D eigenvalue weighted by Gasteiger charge is -2.16. The fourth-order valence-corrected chi connectivity index (χ4v) is 3.69. The van der Waals surface area contributed by atoms with Crippen LogP contribution in [0, 0.1) is 0 Å². The molecule has 1 unspecified atom stereocenters. The molecule has 166 valence electrons. The summed E-state index contributed by atoms with van der Waals surface area (Å²) >= 11 is 12.5. The van der Waals surface area contributed by atoms with E-state index in [2.05, 4.69) is 42.6 Å². The van der Waals surface area contributed by atoms with Crippen molar-refractivity contribution < 1.29 is 9.47 Å². The minimum atomic E-state index is 0. The van der Waals surface area contributed by atoms with Gasteiger partial charge in [-0.1, -0.05) is 65.7 Å². The average Bonchev–Trinajstić information content (AvgIpc) is 2.77. The summed E-state index contributed by atoms with van der Waals surface area (Å²) in [6.45, 7) is 3.26. The first-order valence-electron chi connectivity index (χ1n) is 10.1. The highest BCUT2D eigenvalue weighted by Crippen LogP contribution is 2.31. The molecule has 3 rings (SSSR count). The van der Waals surface area contributed by atoms with Crippen LogP contribution in [0.1, 0.15) is 30.0 Å². The van der Waals surface area contributed by atoms with E-state index in [1.165, 1.54) is 5.56 Å². The van der Waals surface area contributed by atoms with Crippen molar-refractivity contribution in [3.63, 3.8) is 0 Å². The third kappa shape index (κ3) is 7.62. The molecule has 6 heteroatoms. The lowest BCUT2D eigenvalue weighted by Crippen LogP contribution is -2.26. The second-order valence-electron chi connectivity index (χ2n) is 7.28. The first-order chi connectivity index (χ1) is 14.6. The number of methoxy groups -OCH3 is 1. The Balaban J connectivity index is 0.00000341. The van der Waals surface area contributed by atoms with Gasteiger partial charge in [0.2, 0.25) is 0 Å². The average molecular weight is 481 g/mol. The summed E-state index contributed by atoms with van der Waals surface area (Å²) in [4.78, 5) is 0. The first-order valence-corrected chi connectivity index (χ1v) is 10.8. The van der Waals surface area contributed by atoms with E-state index in [9.17, 15) is 0 Å². The molecular formula is C25H28Cl3NO2. The Hall–Kier alpha value is -1.91. The van der Waals surface area contributed by atoms with Crippen molar-refractivity contribution in [3.05, 3.63) is 93.5 Å². The van der Waals surface area contributed by atoms with Crippen LogP contribution in [0.3, 0.4) is 0 Å². The summed E-state index contributed by atoms with van der Waals surface area (Å²) in [5, 5.41) is 4.76. The highest BCUT2D eigenvalue weighted by Gasteiger charge is 2.11. The number of nitrogens with one attached hydrogen (secondary N) is 1. The van der Waals surface area contributed by atoms with E-state index in [0.29, 0.717) is 27.6 Å². The quantitative estimate of drug-likeness (QED) is 0.335. The molecule has 0 fully saturated rings. The number of ether oxygens (including phenoxy) is 2. The van der Waals surface area contributed by atoms with Crippen LogP contribution in [0.25, 0.3) is 0 Å². The molecule has 0 aliphatic rings. The van der Waals surface area contributed by atoms with Gasteiger partial charge < -0.3 is 14.8 Å². The van der Waals surface area contributed by atoms with Crippen molar-refractivity contribution in [1.82, 2.24) is 5.32 Å². The maximum Gasteiger partial charge on any atom is 0.161 e. The molecule has 0 spiro atoms. The second kappa shape index (κ2) is 12.8. The minimum absolute atomic E-state index is 0. The third-order valence-corrected chi connectivity index (χ3v) is 5.73. The van der Waals surface area contributed by atoms with E-state index in [1.54, 1.807) is 19.2 Å². The van der Waals surface area contributed by atoms with Crippen molar-refractivity contribution in [2.75, 3.05) is 7.11 Å². The SMILES string of the molecule is COc1cc(CNC(C)CCc2ccccc2)ccc1OCc1c(Cl)cccc1Cl.Cl. The monoisotopic (exact) mass is 479 g/mol. The van der Waals surface area contributed by atoms with E-state index >= 15 is 0 Å². The van der Waals surface area contributed by atoms with Gasteiger partial charge in [-0.05, 0) is 55.2 Å². The standard InChI is InChI=1S/C25H27Cl2NO2.ClH/c1-18(11-12-19-7-4-3-5-8-19)28-16-20-13-14-24(25(15-20)29-2)30-17-21-22(26)9-6-10-23(21)27;/h3-10,13-15,18,28H,11-12,16-17H2,1-2H3;1H. The predicted octanol–water partition coefficient (Wildman–Crippen LogP) is 7.11. The fraction of sp³-hybridized carbons (Fsp3) is 0.280. The molecule has 31 heavy (non-hydrogen) atoms. The molecule has 0 heterocycles. The van der Waals surface area contributed by atoms with Gasteiger partial charge in [-0.2, -0.15) is 0 Å². The highest BCUT2D eigenvalue weighted by atomic mass is 35.5. The van der Waals surface area contributed by atoms with E-state index in [4.69, 9.17) is 32.7 Å². The Morgan fingerprint density at radius 2 is 1.58 bits per heavy atom. The highest BCUT2D eigenvalue weighted by molar-refractivity contribution is 6.35. The minimum Gasteiger partial charge on any atom is -0.493 e. The summed E-state index contributed by atoms with van der Waals surface area (Å²) in [5.41, 5.74) is 3.27. The van der Waals surface area contributed by atoms with Crippen molar-refractivity contribution >= 4 is 35.6 Å². The van der Waals surface area contributed by atoms with Gasteiger partial charge in [-0.25, -0.2) is 0 Å². The Morgan fingerprint density at radius 3 is 2.26 bits per heavy atom. The summed E-state index contributed by atoms with van der Waals surface area (Å²) in [6.07, 6.45) is 2.15. The molecular weight excluding hydrogens is 453 g/mol. The summed E-state index contributed by atoms with van der Waals surface area (Å²) in [5.74, 6) is 1.35. The molecule has 1 N–H and O–H groups in total. The van der Waals surface area contributed by atoms with Crippen molar-refractivity contribution in [3.8, 4) is 11.5 Å². The smallest absolute Gasteiger partial charge is 0.161 e. The molecule has 0 bridgehead atoms. The van der Waals surface area contributed by atoms with Gasteiger partial charge in [-0.3, -0.25) is 0 Å². The molecule has 1 atom stereocenters.